The molecule has 0 unspecified atom stereocenters. The summed E-state index contributed by atoms with van der Waals surface area (Å²) < 4.78 is 28.6. The number of fused-ring (bicyclic) bond motifs is 1. The van der Waals surface area contributed by atoms with Crippen molar-refractivity contribution in [3.05, 3.63) is 47.1 Å². The number of aromatic nitrogens is 2. The van der Waals surface area contributed by atoms with Crippen LogP contribution in [0.1, 0.15) is 9.67 Å². The van der Waals surface area contributed by atoms with E-state index < -0.39 is 17.6 Å². The molecule has 0 aliphatic heterocycles. The first-order valence-corrected chi connectivity index (χ1v) is 6.04. The summed E-state index contributed by atoms with van der Waals surface area (Å²) >= 11 is 0.940. The Morgan fingerprint density at radius 3 is 2.53 bits per heavy atom. The highest BCUT2D eigenvalue weighted by atomic mass is 32.1. The van der Waals surface area contributed by atoms with Gasteiger partial charge in [-0.05, 0) is 12.1 Å². The van der Waals surface area contributed by atoms with Crippen molar-refractivity contribution in [3.63, 3.8) is 0 Å². The molecule has 0 saturated heterocycles. The van der Waals surface area contributed by atoms with Gasteiger partial charge in [0.1, 0.15) is 16.5 Å². The maximum atomic E-state index is 13.6. The van der Waals surface area contributed by atoms with Crippen LogP contribution in [-0.2, 0) is 0 Å². The van der Waals surface area contributed by atoms with E-state index in [-0.39, 0.29) is 16.1 Å². The average Bonchev–Trinajstić information content (AvgIpc) is 2.86. The van der Waals surface area contributed by atoms with Gasteiger partial charge in [-0.2, -0.15) is 0 Å². The summed E-state index contributed by atoms with van der Waals surface area (Å²) in [6, 6.07) is 3.57. The minimum absolute atomic E-state index is 0.114. The van der Waals surface area contributed by atoms with Gasteiger partial charge in [-0.25, -0.2) is 18.6 Å². The Labute approximate surface area is 109 Å². The largest absolute Gasteiger partial charge is 0.477 e. The van der Waals surface area contributed by atoms with Gasteiger partial charge < -0.3 is 5.11 Å². The van der Waals surface area contributed by atoms with E-state index >= 15 is 0 Å². The van der Waals surface area contributed by atoms with Gasteiger partial charge in [-0.3, -0.25) is 4.40 Å². The Bertz CT molecular complexity index is 742. The number of benzene rings is 1. The molecule has 3 rings (SSSR count). The summed E-state index contributed by atoms with van der Waals surface area (Å²) in [6.07, 6.45) is 2.76. The van der Waals surface area contributed by atoms with E-state index in [0.717, 1.165) is 23.5 Å². The van der Waals surface area contributed by atoms with Crippen molar-refractivity contribution in [2.45, 2.75) is 0 Å². The van der Waals surface area contributed by atoms with Crippen molar-refractivity contribution in [2.75, 3.05) is 0 Å². The molecule has 2 heterocycles. The molecule has 3 aromatic rings. The van der Waals surface area contributed by atoms with Gasteiger partial charge >= 0.3 is 5.97 Å². The van der Waals surface area contributed by atoms with Crippen LogP contribution in [0.3, 0.4) is 0 Å². The SMILES string of the molecule is O=C(O)c1cn2cc(-c3c(F)cccc3F)nc2s1. The molecule has 0 saturated carbocycles. The first kappa shape index (κ1) is 11.8. The van der Waals surface area contributed by atoms with E-state index in [1.54, 1.807) is 0 Å². The zero-order valence-corrected chi connectivity index (χ0v) is 10.1. The summed E-state index contributed by atoms with van der Waals surface area (Å²) in [5.74, 6) is -2.47. The summed E-state index contributed by atoms with van der Waals surface area (Å²) in [5.41, 5.74) is -0.0749. The fourth-order valence-electron chi connectivity index (χ4n) is 1.76. The molecule has 7 heteroatoms. The molecule has 0 fully saturated rings. The topological polar surface area (TPSA) is 54.6 Å². The number of nitrogens with zero attached hydrogens (tertiary/aromatic N) is 2. The van der Waals surface area contributed by atoms with Crippen LogP contribution in [0, 0.1) is 11.6 Å². The Hall–Kier alpha value is -2.28. The number of aromatic carboxylic acids is 1. The van der Waals surface area contributed by atoms with E-state index in [0.29, 0.717) is 4.96 Å². The molecular weight excluding hydrogens is 274 g/mol. The maximum absolute atomic E-state index is 13.6. The number of carboxylic acid groups (broad SMARTS) is 1. The summed E-state index contributed by atoms with van der Waals surface area (Å²) in [7, 11) is 0. The fourth-order valence-corrected chi connectivity index (χ4v) is 2.56. The highest BCUT2D eigenvalue weighted by Crippen LogP contribution is 2.27. The van der Waals surface area contributed by atoms with Crippen LogP contribution in [0.2, 0.25) is 0 Å². The number of hydrogen-bond acceptors (Lipinski definition) is 3. The number of carbonyl (C=O) groups is 1. The minimum atomic E-state index is -1.06. The summed E-state index contributed by atoms with van der Waals surface area (Å²) in [6.45, 7) is 0. The standard InChI is InChI=1S/C12H6F2N2O2S/c13-6-2-1-3-7(14)10(6)8-4-16-5-9(11(17)18)19-12(16)15-8/h1-5H,(H,17,18). The Morgan fingerprint density at radius 2 is 1.95 bits per heavy atom. The molecule has 0 radical (unpaired) electrons. The second-order valence-electron chi connectivity index (χ2n) is 3.81. The minimum Gasteiger partial charge on any atom is -0.477 e. The number of carboxylic acids is 1. The van der Waals surface area contributed by atoms with Crippen molar-refractivity contribution in [2.24, 2.45) is 0 Å². The van der Waals surface area contributed by atoms with Crippen LogP contribution in [-0.4, -0.2) is 20.5 Å². The van der Waals surface area contributed by atoms with Crippen molar-refractivity contribution in [1.29, 1.82) is 0 Å². The van der Waals surface area contributed by atoms with Crippen LogP contribution in [0.25, 0.3) is 16.2 Å². The van der Waals surface area contributed by atoms with Crippen LogP contribution in [0.5, 0.6) is 0 Å². The molecular formula is C12H6F2N2O2S. The van der Waals surface area contributed by atoms with Crippen LogP contribution in [0.4, 0.5) is 8.78 Å². The van der Waals surface area contributed by atoms with Gasteiger partial charge in [0.05, 0.1) is 11.3 Å². The van der Waals surface area contributed by atoms with Gasteiger partial charge in [-0.1, -0.05) is 17.4 Å². The van der Waals surface area contributed by atoms with Crippen LogP contribution in [0.15, 0.2) is 30.6 Å². The predicted molar refractivity (Wildman–Crippen MR) is 65.4 cm³/mol. The maximum Gasteiger partial charge on any atom is 0.347 e. The molecule has 0 aliphatic rings. The molecule has 0 amide bonds. The van der Waals surface area contributed by atoms with Gasteiger partial charge in [0.15, 0.2) is 4.96 Å². The number of halogens is 2. The molecule has 2 aromatic heterocycles. The molecule has 4 nitrogen and oxygen atoms in total. The van der Waals surface area contributed by atoms with Gasteiger partial charge in [0.25, 0.3) is 0 Å². The van der Waals surface area contributed by atoms with Crippen molar-refractivity contribution < 1.29 is 18.7 Å². The monoisotopic (exact) mass is 280 g/mol. The zero-order valence-electron chi connectivity index (χ0n) is 9.30. The lowest BCUT2D eigenvalue weighted by Gasteiger charge is -1.99. The van der Waals surface area contributed by atoms with E-state index in [9.17, 15) is 13.6 Å². The van der Waals surface area contributed by atoms with Crippen molar-refractivity contribution in [1.82, 2.24) is 9.38 Å². The first-order valence-electron chi connectivity index (χ1n) is 5.22. The highest BCUT2D eigenvalue weighted by molar-refractivity contribution is 7.18. The van der Waals surface area contributed by atoms with Gasteiger partial charge in [0.2, 0.25) is 0 Å². The summed E-state index contributed by atoms with van der Waals surface area (Å²) in [5, 5.41) is 8.83. The molecule has 0 spiro atoms. The Kier molecular flexibility index (Phi) is 2.56. The van der Waals surface area contributed by atoms with E-state index in [4.69, 9.17) is 5.11 Å². The van der Waals surface area contributed by atoms with Gasteiger partial charge in [-0.15, -0.1) is 0 Å². The number of imidazole rings is 1. The smallest absolute Gasteiger partial charge is 0.347 e. The fraction of sp³-hybridized carbons (Fsp3) is 0. The molecule has 96 valence electrons. The lowest BCUT2D eigenvalue weighted by molar-refractivity contribution is 0.0702. The van der Waals surface area contributed by atoms with E-state index in [1.165, 1.54) is 22.9 Å². The third kappa shape index (κ3) is 1.88. The third-order valence-corrected chi connectivity index (χ3v) is 3.57. The number of thiazole rings is 1. The second-order valence-corrected chi connectivity index (χ2v) is 4.82. The molecule has 1 N–H and O–H groups in total. The van der Waals surface area contributed by atoms with E-state index in [1.807, 2.05) is 0 Å². The quantitative estimate of drug-likeness (QED) is 0.785. The van der Waals surface area contributed by atoms with Crippen LogP contribution < -0.4 is 0 Å². The number of hydrogen-bond donors (Lipinski definition) is 1. The summed E-state index contributed by atoms with van der Waals surface area (Å²) in [4.78, 5) is 15.3. The predicted octanol–water partition coefficient (Wildman–Crippen LogP) is 3.04. The lowest BCUT2D eigenvalue weighted by Crippen LogP contribution is -1.91. The van der Waals surface area contributed by atoms with E-state index in [2.05, 4.69) is 4.98 Å². The molecule has 0 atom stereocenters. The Morgan fingerprint density at radius 1 is 1.26 bits per heavy atom. The second kappa shape index (κ2) is 4.13. The van der Waals surface area contributed by atoms with Crippen molar-refractivity contribution in [3.8, 4) is 11.3 Å². The number of rotatable bonds is 2. The zero-order chi connectivity index (χ0) is 13.6. The molecule has 0 aliphatic carbocycles. The Balaban J connectivity index is 2.16. The van der Waals surface area contributed by atoms with Crippen molar-refractivity contribution >= 4 is 22.3 Å². The van der Waals surface area contributed by atoms with Gasteiger partial charge in [0, 0.05) is 12.4 Å². The molecule has 19 heavy (non-hydrogen) atoms. The normalized spacial score (nSPS) is 11.1. The molecule has 0 bridgehead atoms. The van der Waals surface area contributed by atoms with Crippen LogP contribution >= 0.6 is 11.3 Å². The average molecular weight is 280 g/mol. The molecule has 1 aromatic carbocycles. The lowest BCUT2D eigenvalue weighted by atomic mass is 10.1. The highest BCUT2D eigenvalue weighted by Gasteiger charge is 2.17. The first-order chi connectivity index (χ1) is 9.06. The third-order valence-electron chi connectivity index (χ3n) is 2.59.